The molecule has 0 fully saturated rings. The van der Waals surface area contributed by atoms with Crippen LogP contribution in [-0.4, -0.2) is 64.0 Å². The Kier molecular flexibility index (Phi) is 15.4. The number of hydrogen-bond acceptors (Lipinski definition) is 7. The summed E-state index contributed by atoms with van der Waals surface area (Å²) in [6.45, 7) is 4.43. The van der Waals surface area contributed by atoms with Crippen LogP contribution in [0.3, 0.4) is 0 Å². The van der Waals surface area contributed by atoms with E-state index < -0.39 is 0 Å². The molecule has 1 N–H and O–H groups in total. The number of nitrogens with one attached hydrogen (secondary N) is 1. The van der Waals surface area contributed by atoms with Crippen LogP contribution in [0.2, 0.25) is 0 Å². The molecule has 0 aliphatic rings. The van der Waals surface area contributed by atoms with E-state index in [9.17, 15) is 0 Å². The maximum Gasteiger partial charge on any atom is 0.216 e. The van der Waals surface area contributed by atoms with Crippen molar-refractivity contribution in [3.63, 3.8) is 0 Å². The smallest absolute Gasteiger partial charge is 0.216 e. The van der Waals surface area contributed by atoms with E-state index in [1.54, 1.807) is 11.8 Å². The largest absolute Gasteiger partial charge is 0.477 e. The minimum Gasteiger partial charge on any atom is -0.477 e. The lowest BCUT2D eigenvalue weighted by molar-refractivity contribution is 0.115. The zero-order chi connectivity index (χ0) is 16.1. The molecule has 0 saturated carbocycles. The highest BCUT2D eigenvalue weighted by molar-refractivity contribution is 8.11. The van der Waals surface area contributed by atoms with E-state index >= 15 is 0 Å². The Bertz CT molecular complexity index is 308. The van der Waals surface area contributed by atoms with Crippen molar-refractivity contribution in [3.05, 3.63) is 0 Å². The van der Waals surface area contributed by atoms with E-state index in [2.05, 4.69) is 48.1 Å². The average Bonchev–Trinajstić information content (AvgIpc) is 2.41. The fourth-order valence-corrected chi connectivity index (χ4v) is 2.17. The fourth-order valence-electron chi connectivity index (χ4n) is 1.45. The summed E-state index contributed by atoms with van der Waals surface area (Å²) in [6.07, 6.45) is 2.92. The molecule has 1 unspecified atom stereocenters. The van der Waals surface area contributed by atoms with Gasteiger partial charge in [-0.1, -0.05) is 24.8 Å². The third kappa shape index (κ3) is 15.8. The number of ether oxygens (including phenoxy) is 2. The molecule has 0 aliphatic heterocycles. The summed E-state index contributed by atoms with van der Waals surface area (Å²) in [5, 5.41) is 3.02. The molecule has 0 heterocycles. The Morgan fingerprint density at radius 2 is 1.90 bits per heavy atom. The van der Waals surface area contributed by atoms with Gasteiger partial charge in [-0.2, -0.15) is 0 Å². The van der Waals surface area contributed by atoms with Gasteiger partial charge in [0, 0.05) is 26.2 Å². The van der Waals surface area contributed by atoms with E-state index in [1.807, 2.05) is 6.26 Å². The summed E-state index contributed by atoms with van der Waals surface area (Å²) in [5.74, 6) is 0. The standard InChI is InChI=1S/C11H22N2O2S6/c1-21-11(20)15-8-6-13(5-7-14-10(18)19)4-2-3-12-9(16)17/h11,20H,2-8H2,1H3,(H,18,19)(H2,12,16,17). The first-order valence-electron chi connectivity index (χ1n) is 6.33. The number of rotatable bonds is 12. The topological polar surface area (TPSA) is 33.7 Å². The van der Waals surface area contributed by atoms with Crippen LogP contribution in [-0.2, 0) is 9.47 Å². The van der Waals surface area contributed by atoms with Gasteiger partial charge in [0.25, 0.3) is 0 Å². The zero-order valence-corrected chi connectivity index (χ0v) is 17.0. The van der Waals surface area contributed by atoms with Gasteiger partial charge >= 0.3 is 0 Å². The highest BCUT2D eigenvalue weighted by Crippen LogP contribution is 2.11. The summed E-state index contributed by atoms with van der Waals surface area (Å²) >= 11 is 23.4. The molecule has 0 aliphatic carbocycles. The number of thiol groups is 3. The second-order valence-electron chi connectivity index (χ2n) is 3.96. The van der Waals surface area contributed by atoms with Gasteiger partial charge < -0.3 is 14.8 Å². The lowest BCUT2D eigenvalue weighted by Crippen LogP contribution is -2.34. The van der Waals surface area contributed by atoms with Crippen LogP contribution >= 0.6 is 74.1 Å². The lowest BCUT2D eigenvalue weighted by atomic mass is 10.3. The van der Waals surface area contributed by atoms with E-state index in [0.717, 1.165) is 32.6 Å². The second-order valence-corrected chi connectivity index (χ2v) is 7.91. The lowest BCUT2D eigenvalue weighted by Gasteiger charge is -2.23. The quantitative estimate of drug-likeness (QED) is 0.171. The molecule has 0 spiro atoms. The van der Waals surface area contributed by atoms with Gasteiger partial charge in [0.1, 0.15) is 15.7 Å². The molecular weight excluding hydrogens is 385 g/mol. The Morgan fingerprint density at radius 3 is 2.48 bits per heavy atom. The first-order chi connectivity index (χ1) is 9.95. The first-order valence-corrected chi connectivity index (χ1v) is 9.84. The SMILES string of the molecule is CSC(S)OCCN(CCCNC(=S)S)CCOC(=S)S. The number of nitrogens with zero attached hydrogens (tertiary/aromatic N) is 1. The van der Waals surface area contributed by atoms with Gasteiger partial charge in [0.15, 0.2) is 0 Å². The Hall–Kier alpha value is 1.10. The van der Waals surface area contributed by atoms with Gasteiger partial charge in [0.2, 0.25) is 4.38 Å². The van der Waals surface area contributed by atoms with Crippen LogP contribution in [0.15, 0.2) is 0 Å². The minimum atomic E-state index is -0.0867. The van der Waals surface area contributed by atoms with Gasteiger partial charge in [-0.3, -0.25) is 4.90 Å². The molecule has 0 amide bonds. The van der Waals surface area contributed by atoms with Crippen LogP contribution in [0.1, 0.15) is 6.42 Å². The number of thiocarbonyl (C=S) groups is 2. The molecule has 21 heavy (non-hydrogen) atoms. The third-order valence-corrected chi connectivity index (χ3v) is 4.30. The molecule has 0 aromatic rings. The third-order valence-electron chi connectivity index (χ3n) is 2.43. The van der Waals surface area contributed by atoms with Crippen molar-refractivity contribution >= 4 is 82.8 Å². The molecule has 0 radical (unpaired) electrons. The van der Waals surface area contributed by atoms with E-state index in [-0.39, 0.29) is 9.15 Å². The van der Waals surface area contributed by atoms with E-state index in [0.29, 0.717) is 17.5 Å². The highest BCUT2D eigenvalue weighted by Gasteiger charge is 2.07. The van der Waals surface area contributed by atoms with Crippen LogP contribution in [0.4, 0.5) is 0 Å². The van der Waals surface area contributed by atoms with E-state index in [4.69, 9.17) is 33.9 Å². The van der Waals surface area contributed by atoms with Gasteiger partial charge in [-0.05, 0) is 24.9 Å². The van der Waals surface area contributed by atoms with Crippen molar-refractivity contribution in [1.29, 1.82) is 0 Å². The Balaban J connectivity index is 3.95. The molecule has 0 aromatic heterocycles. The zero-order valence-electron chi connectivity index (χ0n) is 11.9. The predicted molar refractivity (Wildman–Crippen MR) is 110 cm³/mol. The molecule has 4 nitrogen and oxygen atoms in total. The van der Waals surface area contributed by atoms with Crippen molar-refractivity contribution in [2.24, 2.45) is 0 Å². The number of hydrogen-bond donors (Lipinski definition) is 4. The van der Waals surface area contributed by atoms with Crippen LogP contribution in [0.5, 0.6) is 0 Å². The maximum atomic E-state index is 5.55. The van der Waals surface area contributed by atoms with Crippen molar-refractivity contribution in [3.8, 4) is 0 Å². The van der Waals surface area contributed by atoms with Gasteiger partial charge in [0.05, 0.1) is 6.61 Å². The molecule has 0 bridgehead atoms. The molecule has 124 valence electrons. The van der Waals surface area contributed by atoms with Crippen LogP contribution in [0.25, 0.3) is 0 Å². The molecule has 10 heteroatoms. The second kappa shape index (κ2) is 14.7. The minimum absolute atomic E-state index is 0.0867. The van der Waals surface area contributed by atoms with Gasteiger partial charge in [-0.15, -0.1) is 37.0 Å². The van der Waals surface area contributed by atoms with Crippen molar-refractivity contribution < 1.29 is 9.47 Å². The average molecular weight is 407 g/mol. The van der Waals surface area contributed by atoms with Crippen LogP contribution < -0.4 is 5.32 Å². The molecule has 1 atom stereocenters. The highest BCUT2D eigenvalue weighted by atomic mass is 32.2. The molecule has 0 saturated heterocycles. The summed E-state index contributed by atoms with van der Waals surface area (Å²) in [6, 6.07) is 0. The van der Waals surface area contributed by atoms with Crippen molar-refractivity contribution in [2.75, 3.05) is 45.6 Å². The summed E-state index contributed by atoms with van der Waals surface area (Å²) in [4.78, 5) is 2.25. The van der Waals surface area contributed by atoms with Crippen molar-refractivity contribution in [2.45, 2.75) is 11.2 Å². The van der Waals surface area contributed by atoms with Gasteiger partial charge in [-0.25, -0.2) is 0 Å². The maximum absolute atomic E-state index is 5.55. The van der Waals surface area contributed by atoms with E-state index in [1.165, 1.54) is 0 Å². The van der Waals surface area contributed by atoms with Crippen molar-refractivity contribution in [1.82, 2.24) is 10.2 Å². The Morgan fingerprint density at radius 1 is 1.24 bits per heavy atom. The summed E-state index contributed by atoms with van der Waals surface area (Å²) in [5.41, 5.74) is 0. The molecule has 0 aromatic carbocycles. The number of thioether (sulfide) groups is 1. The monoisotopic (exact) mass is 406 g/mol. The summed E-state index contributed by atoms with van der Waals surface area (Å²) < 4.78 is 11.5. The first kappa shape index (κ1) is 22.1. The fraction of sp³-hybridized carbons (Fsp3) is 0.818. The normalized spacial score (nSPS) is 12.2. The predicted octanol–water partition coefficient (Wildman–Crippen LogP) is 2.31. The Labute approximate surface area is 158 Å². The molecule has 0 rings (SSSR count). The molecular formula is C11H22N2O2S6. The van der Waals surface area contributed by atoms with Crippen LogP contribution in [0, 0.1) is 0 Å². The summed E-state index contributed by atoms with van der Waals surface area (Å²) in [7, 11) is 0.